The van der Waals surface area contributed by atoms with Gasteiger partial charge in [-0.05, 0) is 56.2 Å². The molecule has 0 aliphatic heterocycles. The number of amides is 2. The Morgan fingerprint density at radius 2 is 1.96 bits per heavy atom. The molecule has 0 saturated carbocycles. The predicted molar refractivity (Wildman–Crippen MR) is 95.6 cm³/mol. The van der Waals surface area contributed by atoms with Crippen LogP contribution in [0.3, 0.4) is 0 Å². The van der Waals surface area contributed by atoms with Crippen LogP contribution in [0.5, 0.6) is 5.75 Å². The maximum absolute atomic E-state index is 11.8. The van der Waals surface area contributed by atoms with Crippen molar-refractivity contribution < 1.29 is 14.3 Å². The van der Waals surface area contributed by atoms with Crippen molar-refractivity contribution in [1.29, 1.82) is 0 Å². The number of hydrogen-bond acceptors (Lipinski definition) is 4. The molecular formula is C17H19ClN2O3S. The summed E-state index contributed by atoms with van der Waals surface area (Å²) in [6, 6.07) is 8.98. The molecule has 0 saturated heterocycles. The monoisotopic (exact) mass is 366 g/mol. The summed E-state index contributed by atoms with van der Waals surface area (Å²) in [5, 5.41) is 0.663. The van der Waals surface area contributed by atoms with Crippen molar-refractivity contribution in [1.82, 2.24) is 10.9 Å². The fourth-order valence-corrected chi connectivity index (χ4v) is 2.99. The lowest BCUT2D eigenvalue weighted by Gasteiger charge is -2.09. The highest BCUT2D eigenvalue weighted by atomic mass is 35.5. The van der Waals surface area contributed by atoms with Crippen molar-refractivity contribution in [2.24, 2.45) is 0 Å². The number of halogens is 1. The first-order valence-electron chi connectivity index (χ1n) is 7.50. The minimum Gasteiger partial charge on any atom is -0.493 e. The molecule has 2 amide bonds. The molecule has 0 aliphatic rings. The summed E-state index contributed by atoms with van der Waals surface area (Å²) in [6.07, 6.45) is 0.804. The maximum atomic E-state index is 11.8. The standard InChI is InChI=1S/C17H19ClN2O3S/c1-11-10-13(18)6-7-14(11)23-9-3-4-16(21)19-20-17(22)15-8-5-12(2)24-15/h5-8,10H,3-4,9H2,1-2H3,(H,19,21)(H,20,22). The molecular weight excluding hydrogens is 348 g/mol. The van der Waals surface area contributed by atoms with E-state index in [2.05, 4.69) is 10.9 Å². The van der Waals surface area contributed by atoms with Crippen LogP contribution >= 0.6 is 22.9 Å². The molecule has 0 unspecified atom stereocenters. The maximum Gasteiger partial charge on any atom is 0.279 e. The van der Waals surface area contributed by atoms with E-state index in [9.17, 15) is 9.59 Å². The van der Waals surface area contributed by atoms with Crippen LogP contribution in [0.4, 0.5) is 0 Å². The number of hydrazine groups is 1. The number of nitrogens with one attached hydrogen (secondary N) is 2. The quantitative estimate of drug-likeness (QED) is 0.605. The van der Waals surface area contributed by atoms with Crippen molar-refractivity contribution in [3.8, 4) is 5.75 Å². The Kier molecular flexibility index (Phi) is 6.63. The molecule has 0 aliphatic carbocycles. The summed E-state index contributed by atoms with van der Waals surface area (Å²) in [4.78, 5) is 25.1. The summed E-state index contributed by atoms with van der Waals surface area (Å²) < 4.78 is 5.62. The van der Waals surface area contributed by atoms with Gasteiger partial charge in [-0.1, -0.05) is 11.6 Å². The van der Waals surface area contributed by atoms with Gasteiger partial charge in [0.1, 0.15) is 5.75 Å². The van der Waals surface area contributed by atoms with Crippen molar-refractivity contribution in [3.63, 3.8) is 0 Å². The molecule has 5 nitrogen and oxygen atoms in total. The predicted octanol–water partition coefficient (Wildman–Crippen LogP) is 3.64. The van der Waals surface area contributed by atoms with Crippen LogP contribution in [-0.4, -0.2) is 18.4 Å². The van der Waals surface area contributed by atoms with E-state index in [1.165, 1.54) is 11.3 Å². The van der Waals surface area contributed by atoms with Crippen molar-refractivity contribution in [2.75, 3.05) is 6.61 Å². The number of aryl methyl sites for hydroxylation is 2. The third kappa shape index (κ3) is 5.54. The lowest BCUT2D eigenvalue weighted by molar-refractivity contribution is -0.122. The summed E-state index contributed by atoms with van der Waals surface area (Å²) >= 11 is 7.26. The molecule has 1 aromatic carbocycles. The van der Waals surface area contributed by atoms with E-state index in [-0.39, 0.29) is 18.2 Å². The number of thiophene rings is 1. The molecule has 1 aromatic heterocycles. The molecule has 2 aromatic rings. The number of hydrogen-bond donors (Lipinski definition) is 2. The van der Waals surface area contributed by atoms with Gasteiger partial charge in [-0.15, -0.1) is 11.3 Å². The van der Waals surface area contributed by atoms with E-state index in [1.54, 1.807) is 18.2 Å². The fourth-order valence-electron chi connectivity index (χ4n) is 2.00. The third-order valence-corrected chi connectivity index (χ3v) is 4.46. The van der Waals surface area contributed by atoms with Gasteiger partial charge in [0, 0.05) is 16.3 Å². The number of carbonyl (C=O) groups is 2. The minimum absolute atomic E-state index is 0.256. The third-order valence-electron chi connectivity index (χ3n) is 3.22. The second kappa shape index (κ2) is 8.70. The van der Waals surface area contributed by atoms with Crippen LogP contribution in [0.15, 0.2) is 30.3 Å². The molecule has 7 heteroatoms. The Morgan fingerprint density at radius 1 is 1.17 bits per heavy atom. The Morgan fingerprint density at radius 3 is 2.62 bits per heavy atom. The molecule has 128 valence electrons. The first kappa shape index (κ1) is 18.3. The molecule has 0 fully saturated rings. The Labute approximate surface area is 149 Å². The Balaban J connectivity index is 1.65. The molecule has 24 heavy (non-hydrogen) atoms. The zero-order valence-corrected chi connectivity index (χ0v) is 15.1. The first-order valence-corrected chi connectivity index (χ1v) is 8.70. The highest BCUT2D eigenvalue weighted by molar-refractivity contribution is 7.13. The lowest BCUT2D eigenvalue weighted by Crippen LogP contribution is -2.41. The van der Waals surface area contributed by atoms with Crippen molar-refractivity contribution >= 4 is 34.8 Å². The van der Waals surface area contributed by atoms with E-state index in [0.717, 1.165) is 16.2 Å². The van der Waals surface area contributed by atoms with Gasteiger partial charge in [0.2, 0.25) is 5.91 Å². The van der Waals surface area contributed by atoms with Gasteiger partial charge >= 0.3 is 0 Å². The number of ether oxygens (including phenoxy) is 1. The number of rotatable bonds is 6. The van der Waals surface area contributed by atoms with Gasteiger partial charge in [-0.2, -0.15) is 0 Å². The summed E-state index contributed by atoms with van der Waals surface area (Å²) in [5.41, 5.74) is 5.75. The molecule has 0 bridgehead atoms. The number of benzene rings is 1. The van der Waals surface area contributed by atoms with E-state index < -0.39 is 0 Å². The second-order valence-corrected chi connectivity index (χ2v) is 7.00. The van der Waals surface area contributed by atoms with Gasteiger partial charge in [0.15, 0.2) is 0 Å². The van der Waals surface area contributed by atoms with E-state index in [1.807, 2.05) is 26.0 Å². The van der Waals surface area contributed by atoms with E-state index >= 15 is 0 Å². The minimum atomic E-state index is -0.311. The van der Waals surface area contributed by atoms with Gasteiger partial charge in [0.25, 0.3) is 5.91 Å². The number of carbonyl (C=O) groups excluding carboxylic acids is 2. The fraction of sp³-hybridized carbons (Fsp3) is 0.294. The van der Waals surface area contributed by atoms with Crippen LogP contribution in [0, 0.1) is 13.8 Å². The topological polar surface area (TPSA) is 67.4 Å². The van der Waals surface area contributed by atoms with E-state index in [4.69, 9.17) is 16.3 Å². The van der Waals surface area contributed by atoms with Crippen LogP contribution in [0.2, 0.25) is 5.02 Å². The largest absolute Gasteiger partial charge is 0.493 e. The molecule has 0 atom stereocenters. The normalized spacial score (nSPS) is 10.3. The Hall–Kier alpha value is -2.05. The Bertz CT molecular complexity index is 730. The molecule has 0 spiro atoms. The second-order valence-electron chi connectivity index (χ2n) is 5.27. The molecule has 0 radical (unpaired) electrons. The van der Waals surface area contributed by atoms with Crippen molar-refractivity contribution in [2.45, 2.75) is 26.7 Å². The summed E-state index contributed by atoms with van der Waals surface area (Å²) in [6.45, 7) is 4.24. The molecule has 1 heterocycles. The van der Waals surface area contributed by atoms with Gasteiger partial charge in [-0.3, -0.25) is 20.4 Å². The van der Waals surface area contributed by atoms with Crippen LogP contribution in [0.25, 0.3) is 0 Å². The lowest BCUT2D eigenvalue weighted by atomic mass is 10.2. The van der Waals surface area contributed by atoms with E-state index in [0.29, 0.717) is 22.9 Å². The van der Waals surface area contributed by atoms with Crippen LogP contribution < -0.4 is 15.6 Å². The smallest absolute Gasteiger partial charge is 0.279 e. The molecule has 2 rings (SSSR count). The highest BCUT2D eigenvalue weighted by Gasteiger charge is 2.09. The first-order chi connectivity index (χ1) is 11.5. The zero-order chi connectivity index (χ0) is 17.5. The van der Waals surface area contributed by atoms with Gasteiger partial charge < -0.3 is 4.74 Å². The zero-order valence-electron chi connectivity index (χ0n) is 13.5. The molecule has 2 N–H and O–H groups in total. The summed E-state index contributed by atoms with van der Waals surface area (Å²) in [7, 11) is 0. The SMILES string of the molecule is Cc1ccc(C(=O)NNC(=O)CCCOc2ccc(Cl)cc2C)s1. The van der Waals surface area contributed by atoms with Crippen molar-refractivity contribution in [3.05, 3.63) is 50.7 Å². The van der Waals surface area contributed by atoms with Crippen LogP contribution in [0.1, 0.15) is 33.0 Å². The summed E-state index contributed by atoms with van der Waals surface area (Å²) in [5.74, 6) is 0.184. The average Bonchev–Trinajstić information content (AvgIpc) is 2.97. The van der Waals surface area contributed by atoms with Crippen LogP contribution in [-0.2, 0) is 4.79 Å². The average molecular weight is 367 g/mol. The van der Waals surface area contributed by atoms with Gasteiger partial charge in [-0.25, -0.2) is 0 Å². The van der Waals surface area contributed by atoms with Gasteiger partial charge in [0.05, 0.1) is 11.5 Å². The highest BCUT2D eigenvalue weighted by Crippen LogP contribution is 2.21.